The number of carbonyl (C=O) groups is 1. The zero-order valence-corrected chi connectivity index (χ0v) is 14.0. The van der Waals surface area contributed by atoms with Crippen LogP contribution in [0.2, 0.25) is 0 Å². The van der Waals surface area contributed by atoms with Crippen LogP contribution < -0.4 is 14.4 Å². The molecule has 4 nitrogen and oxygen atoms in total. The maximum absolute atomic E-state index is 12.6. The third kappa shape index (κ3) is 3.59. The van der Waals surface area contributed by atoms with Crippen molar-refractivity contribution in [3.05, 3.63) is 59.7 Å². The van der Waals surface area contributed by atoms with E-state index in [1.807, 2.05) is 62.4 Å². The molecule has 2 aromatic rings. The SMILES string of the molecule is CCOc1ccc(/C=C/C(=O)N2CCOc3ccc(C)cc32)cc1. The van der Waals surface area contributed by atoms with Crippen LogP contribution in [-0.2, 0) is 4.79 Å². The molecule has 0 aliphatic carbocycles. The Balaban J connectivity index is 1.74. The van der Waals surface area contributed by atoms with Crippen molar-refractivity contribution in [2.75, 3.05) is 24.7 Å². The van der Waals surface area contributed by atoms with Gasteiger partial charge in [-0.3, -0.25) is 4.79 Å². The van der Waals surface area contributed by atoms with Crippen molar-refractivity contribution in [1.29, 1.82) is 0 Å². The maximum atomic E-state index is 12.6. The summed E-state index contributed by atoms with van der Waals surface area (Å²) in [6.07, 6.45) is 3.43. The van der Waals surface area contributed by atoms with E-state index in [1.165, 1.54) is 0 Å². The fourth-order valence-corrected chi connectivity index (χ4v) is 2.66. The van der Waals surface area contributed by atoms with Gasteiger partial charge in [0.2, 0.25) is 0 Å². The first-order valence-corrected chi connectivity index (χ1v) is 8.13. The number of rotatable bonds is 4. The fraction of sp³-hybridized carbons (Fsp3) is 0.250. The van der Waals surface area contributed by atoms with Gasteiger partial charge in [0, 0.05) is 6.08 Å². The fourth-order valence-electron chi connectivity index (χ4n) is 2.66. The van der Waals surface area contributed by atoms with Crippen LogP contribution in [0.3, 0.4) is 0 Å². The summed E-state index contributed by atoms with van der Waals surface area (Å²) in [5, 5.41) is 0. The van der Waals surface area contributed by atoms with Gasteiger partial charge in [0.25, 0.3) is 5.91 Å². The number of nitrogens with zero attached hydrogens (tertiary/aromatic N) is 1. The van der Waals surface area contributed by atoms with Crippen LogP contribution in [0, 0.1) is 6.92 Å². The minimum absolute atomic E-state index is 0.0426. The molecule has 1 heterocycles. The van der Waals surface area contributed by atoms with E-state index in [1.54, 1.807) is 11.0 Å². The van der Waals surface area contributed by atoms with Gasteiger partial charge in [-0.15, -0.1) is 0 Å². The van der Waals surface area contributed by atoms with E-state index in [0.29, 0.717) is 19.8 Å². The molecule has 1 aliphatic heterocycles. The number of amides is 1. The second-order valence-corrected chi connectivity index (χ2v) is 5.64. The van der Waals surface area contributed by atoms with Crippen molar-refractivity contribution >= 4 is 17.7 Å². The average Bonchev–Trinajstić information content (AvgIpc) is 2.60. The van der Waals surface area contributed by atoms with Gasteiger partial charge in [0.05, 0.1) is 18.8 Å². The van der Waals surface area contributed by atoms with Crippen LogP contribution in [0.4, 0.5) is 5.69 Å². The van der Waals surface area contributed by atoms with Gasteiger partial charge in [0.15, 0.2) is 0 Å². The topological polar surface area (TPSA) is 38.8 Å². The molecule has 3 rings (SSSR count). The monoisotopic (exact) mass is 323 g/mol. The third-order valence-corrected chi connectivity index (χ3v) is 3.85. The van der Waals surface area contributed by atoms with E-state index in [2.05, 4.69) is 0 Å². The summed E-state index contributed by atoms with van der Waals surface area (Å²) >= 11 is 0. The van der Waals surface area contributed by atoms with Crippen LogP contribution in [0.5, 0.6) is 11.5 Å². The molecule has 1 aliphatic rings. The summed E-state index contributed by atoms with van der Waals surface area (Å²) in [5.74, 6) is 1.55. The van der Waals surface area contributed by atoms with Gasteiger partial charge in [-0.2, -0.15) is 0 Å². The molecule has 0 aromatic heterocycles. The number of benzene rings is 2. The van der Waals surface area contributed by atoms with Crippen LogP contribution in [-0.4, -0.2) is 25.7 Å². The Bertz CT molecular complexity index is 750. The van der Waals surface area contributed by atoms with Crippen molar-refractivity contribution in [3.8, 4) is 11.5 Å². The Morgan fingerprint density at radius 1 is 1.25 bits per heavy atom. The predicted molar refractivity (Wildman–Crippen MR) is 95.7 cm³/mol. The van der Waals surface area contributed by atoms with Crippen molar-refractivity contribution in [3.63, 3.8) is 0 Å². The normalized spacial score (nSPS) is 13.5. The molecule has 0 radical (unpaired) electrons. The summed E-state index contributed by atoms with van der Waals surface area (Å²) in [7, 11) is 0. The Hall–Kier alpha value is -2.75. The largest absolute Gasteiger partial charge is 0.494 e. The Labute approximate surface area is 142 Å². The van der Waals surface area contributed by atoms with Crippen LogP contribution in [0.15, 0.2) is 48.5 Å². The molecule has 0 unspecified atom stereocenters. The van der Waals surface area contributed by atoms with Gasteiger partial charge < -0.3 is 14.4 Å². The number of carbonyl (C=O) groups excluding carboxylic acids is 1. The van der Waals surface area contributed by atoms with Crippen LogP contribution in [0.1, 0.15) is 18.1 Å². The molecule has 24 heavy (non-hydrogen) atoms. The summed E-state index contributed by atoms with van der Waals surface area (Å²) in [6, 6.07) is 13.6. The highest BCUT2D eigenvalue weighted by molar-refractivity contribution is 6.05. The lowest BCUT2D eigenvalue weighted by molar-refractivity contribution is -0.114. The first kappa shape index (κ1) is 16.1. The van der Waals surface area contributed by atoms with Crippen LogP contribution in [0.25, 0.3) is 6.08 Å². The zero-order chi connectivity index (χ0) is 16.9. The minimum atomic E-state index is -0.0426. The average molecular weight is 323 g/mol. The number of anilines is 1. The lowest BCUT2D eigenvalue weighted by atomic mass is 10.1. The molecular formula is C20H21NO3. The number of fused-ring (bicyclic) bond motifs is 1. The predicted octanol–water partition coefficient (Wildman–Crippen LogP) is 3.83. The number of aryl methyl sites for hydroxylation is 1. The van der Waals surface area contributed by atoms with E-state index in [4.69, 9.17) is 9.47 Å². The van der Waals surface area contributed by atoms with E-state index >= 15 is 0 Å². The molecule has 0 N–H and O–H groups in total. The number of hydrogen-bond acceptors (Lipinski definition) is 3. The van der Waals surface area contributed by atoms with Crippen molar-refractivity contribution in [1.82, 2.24) is 0 Å². The van der Waals surface area contributed by atoms with Gasteiger partial charge >= 0.3 is 0 Å². The molecule has 1 amide bonds. The molecule has 0 saturated heterocycles. The van der Waals surface area contributed by atoms with E-state index in [-0.39, 0.29) is 5.91 Å². The molecule has 124 valence electrons. The molecule has 4 heteroatoms. The van der Waals surface area contributed by atoms with E-state index < -0.39 is 0 Å². The van der Waals surface area contributed by atoms with Crippen molar-refractivity contribution < 1.29 is 14.3 Å². The summed E-state index contributed by atoms with van der Waals surface area (Å²) in [6.45, 7) is 5.67. The minimum Gasteiger partial charge on any atom is -0.494 e. The molecule has 0 fully saturated rings. The Morgan fingerprint density at radius 2 is 2.04 bits per heavy atom. The molecule has 2 aromatic carbocycles. The zero-order valence-electron chi connectivity index (χ0n) is 14.0. The smallest absolute Gasteiger partial charge is 0.251 e. The highest BCUT2D eigenvalue weighted by Crippen LogP contribution is 2.32. The lowest BCUT2D eigenvalue weighted by Gasteiger charge is -2.29. The lowest BCUT2D eigenvalue weighted by Crippen LogP contribution is -2.36. The van der Waals surface area contributed by atoms with Crippen molar-refractivity contribution in [2.24, 2.45) is 0 Å². The second-order valence-electron chi connectivity index (χ2n) is 5.64. The first-order chi connectivity index (χ1) is 11.7. The molecular weight excluding hydrogens is 302 g/mol. The molecule has 0 atom stereocenters. The van der Waals surface area contributed by atoms with E-state index in [0.717, 1.165) is 28.3 Å². The number of ether oxygens (including phenoxy) is 2. The maximum Gasteiger partial charge on any atom is 0.251 e. The van der Waals surface area contributed by atoms with Crippen molar-refractivity contribution in [2.45, 2.75) is 13.8 Å². The Morgan fingerprint density at radius 3 is 2.79 bits per heavy atom. The third-order valence-electron chi connectivity index (χ3n) is 3.85. The molecule has 0 spiro atoms. The van der Waals surface area contributed by atoms with Gasteiger partial charge in [-0.1, -0.05) is 18.2 Å². The summed E-state index contributed by atoms with van der Waals surface area (Å²) in [4.78, 5) is 14.3. The highest BCUT2D eigenvalue weighted by Gasteiger charge is 2.22. The number of hydrogen-bond donors (Lipinski definition) is 0. The molecule has 0 bridgehead atoms. The summed E-state index contributed by atoms with van der Waals surface area (Å²) < 4.78 is 11.0. The van der Waals surface area contributed by atoms with Gasteiger partial charge in [-0.05, 0) is 55.3 Å². The van der Waals surface area contributed by atoms with Crippen LogP contribution >= 0.6 is 0 Å². The standard InChI is InChI=1S/C20H21NO3/c1-3-23-17-8-5-16(6-9-17)7-11-20(22)21-12-13-24-19-10-4-15(2)14-18(19)21/h4-11,14H,3,12-13H2,1-2H3/b11-7+. The Kier molecular flexibility index (Phi) is 4.85. The highest BCUT2D eigenvalue weighted by atomic mass is 16.5. The molecule has 0 saturated carbocycles. The second kappa shape index (κ2) is 7.21. The first-order valence-electron chi connectivity index (χ1n) is 8.13. The summed E-state index contributed by atoms with van der Waals surface area (Å²) in [5.41, 5.74) is 2.90. The van der Waals surface area contributed by atoms with Gasteiger partial charge in [-0.25, -0.2) is 0 Å². The quantitative estimate of drug-likeness (QED) is 0.803. The van der Waals surface area contributed by atoms with Gasteiger partial charge in [0.1, 0.15) is 18.1 Å². The van der Waals surface area contributed by atoms with E-state index in [9.17, 15) is 4.79 Å².